The molecule has 0 rings (SSSR count). The first-order valence-corrected chi connectivity index (χ1v) is 5.74. The number of hydrogen-bond donors (Lipinski definition) is 0. The molecule has 0 N–H and O–H groups in total. The minimum absolute atomic E-state index is 0.355. The van der Waals surface area contributed by atoms with Crippen molar-refractivity contribution in [3.05, 3.63) is 12.3 Å². The molecule has 7 heteroatoms. The average molecular weight is 274 g/mol. The number of hydrogen-bond acceptors (Lipinski definition) is 7. The Morgan fingerprint density at radius 3 is 2.53 bits per heavy atom. The summed E-state index contributed by atoms with van der Waals surface area (Å²) in [5.41, 5.74) is -0.480. The lowest BCUT2D eigenvalue weighted by Gasteiger charge is -2.21. The molecule has 0 aromatic rings. The maximum absolute atomic E-state index is 11.0. The molecule has 0 atom stereocenters. The zero-order valence-electron chi connectivity index (χ0n) is 11.2. The van der Waals surface area contributed by atoms with Gasteiger partial charge in [0, 0.05) is 0 Å². The zero-order chi connectivity index (χ0) is 14.7. The van der Waals surface area contributed by atoms with Crippen molar-refractivity contribution in [2.24, 2.45) is 0 Å². The number of aldehydes is 1. The van der Waals surface area contributed by atoms with Gasteiger partial charge in [0.2, 0.25) is 0 Å². The minimum atomic E-state index is -1.26. The van der Waals surface area contributed by atoms with E-state index in [2.05, 4.69) is 9.47 Å². The topological polar surface area (TPSA) is 88.1 Å². The van der Waals surface area contributed by atoms with E-state index in [0.717, 1.165) is 25.2 Å². The van der Waals surface area contributed by atoms with Gasteiger partial charge in [0.05, 0.1) is 6.08 Å². The second-order valence-electron chi connectivity index (χ2n) is 4.14. The highest BCUT2D eigenvalue weighted by Crippen LogP contribution is 2.16. The Morgan fingerprint density at radius 2 is 1.95 bits per heavy atom. The number of carbonyl (C=O) groups excluding carboxylic acids is 3. The highest BCUT2D eigenvalue weighted by atomic mass is 17.2. The summed E-state index contributed by atoms with van der Waals surface area (Å²) >= 11 is 0. The normalized spacial score (nSPS) is 11.1. The van der Waals surface area contributed by atoms with Crippen molar-refractivity contribution in [3.63, 3.8) is 0 Å². The van der Waals surface area contributed by atoms with Crippen molar-refractivity contribution in [1.29, 1.82) is 0 Å². The molecule has 0 aliphatic carbocycles. The van der Waals surface area contributed by atoms with Gasteiger partial charge in [-0.3, -0.25) is 4.79 Å². The Morgan fingerprint density at radius 1 is 1.26 bits per heavy atom. The van der Waals surface area contributed by atoms with Gasteiger partial charge < -0.3 is 14.4 Å². The molecule has 0 aromatic heterocycles. The molecule has 0 amide bonds. The Labute approximate surface area is 111 Å². The Bertz CT molecular complexity index is 333. The maximum atomic E-state index is 11.0. The van der Waals surface area contributed by atoms with Crippen LogP contribution in [0.4, 0.5) is 4.79 Å². The quantitative estimate of drug-likeness (QED) is 0.127. The molecule has 0 heterocycles. The van der Waals surface area contributed by atoms with Gasteiger partial charge >= 0.3 is 12.1 Å². The smallest absolute Gasteiger partial charge is 0.426 e. The zero-order valence-corrected chi connectivity index (χ0v) is 11.2. The van der Waals surface area contributed by atoms with Crippen LogP contribution in [0.25, 0.3) is 0 Å². The molecule has 0 bridgehead atoms. The third kappa shape index (κ3) is 9.78. The third-order valence-corrected chi connectivity index (χ3v) is 1.84. The molecule has 0 radical (unpaired) electrons. The van der Waals surface area contributed by atoms with Gasteiger partial charge in [-0.05, 0) is 20.3 Å². The van der Waals surface area contributed by atoms with Gasteiger partial charge in [-0.1, -0.05) is 13.3 Å². The Hall–Kier alpha value is -1.89. The first kappa shape index (κ1) is 17.1. The van der Waals surface area contributed by atoms with Crippen molar-refractivity contribution in [3.8, 4) is 0 Å². The van der Waals surface area contributed by atoms with Gasteiger partial charge in [0.25, 0.3) is 0 Å². The van der Waals surface area contributed by atoms with Crippen molar-refractivity contribution in [1.82, 2.24) is 0 Å². The summed E-state index contributed by atoms with van der Waals surface area (Å²) in [4.78, 5) is 41.4. The second-order valence-corrected chi connectivity index (χ2v) is 4.14. The van der Waals surface area contributed by atoms with Crippen LogP contribution in [0.3, 0.4) is 0 Å². The predicted molar refractivity (Wildman–Crippen MR) is 63.8 cm³/mol. The van der Waals surface area contributed by atoms with Gasteiger partial charge in [-0.25, -0.2) is 9.59 Å². The summed E-state index contributed by atoms with van der Waals surface area (Å²) in [6, 6.07) is 0. The number of ether oxygens (including phenoxy) is 2. The van der Waals surface area contributed by atoms with Crippen LogP contribution < -0.4 is 0 Å². The van der Waals surface area contributed by atoms with Crippen LogP contribution in [0, 0.1) is 0 Å². The SMILES string of the molecule is CCCC(C)(C)OOC=CC(=O)OC(=O)OCC=O. The Kier molecular flexibility index (Phi) is 8.19. The summed E-state index contributed by atoms with van der Waals surface area (Å²) in [6.07, 6.45) is 2.60. The molecule has 0 saturated heterocycles. The van der Waals surface area contributed by atoms with Gasteiger partial charge in [0.15, 0.2) is 12.9 Å². The number of esters is 1. The highest BCUT2D eigenvalue weighted by Gasteiger charge is 2.18. The molecular formula is C12H18O7. The van der Waals surface area contributed by atoms with Crippen molar-refractivity contribution >= 4 is 18.4 Å². The van der Waals surface area contributed by atoms with E-state index in [1.54, 1.807) is 0 Å². The van der Waals surface area contributed by atoms with Crippen molar-refractivity contribution in [2.75, 3.05) is 6.61 Å². The standard InChI is InChI=1S/C12H18O7/c1-4-6-12(2,3)19-17-8-5-10(14)18-11(15)16-9-7-13/h5,7-8H,4,6,9H2,1-3H3. The first-order chi connectivity index (χ1) is 8.91. The van der Waals surface area contributed by atoms with Crippen molar-refractivity contribution < 1.29 is 33.6 Å². The fourth-order valence-electron chi connectivity index (χ4n) is 1.13. The van der Waals surface area contributed by atoms with Crippen LogP contribution >= 0.6 is 0 Å². The molecule has 19 heavy (non-hydrogen) atoms. The summed E-state index contributed by atoms with van der Waals surface area (Å²) < 4.78 is 8.35. The second kappa shape index (κ2) is 9.09. The van der Waals surface area contributed by atoms with Crippen LogP contribution in [0.5, 0.6) is 0 Å². The molecule has 0 aliphatic rings. The van der Waals surface area contributed by atoms with Gasteiger partial charge in [-0.15, -0.1) is 0 Å². The van der Waals surface area contributed by atoms with E-state index in [1.807, 2.05) is 20.8 Å². The van der Waals surface area contributed by atoms with E-state index in [1.165, 1.54) is 0 Å². The number of carbonyl (C=O) groups is 3. The lowest BCUT2D eigenvalue weighted by atomic mass is 10.0. The van der Waals surface area contributed by atoms with Crippen molar-refractivity contribution in [2.45, 2.75) is 39.2 Å². The monoisotopic (exact) mass is 274 g/mol. The van der Waals surface area contributed by atoms with Crippen LogP contribution in [-0.4, -0.2) is 30.6 Å². The summed E-state index contributed by atoms with van der Waals surface area (Å²) in [5.74, 6) is -0.993. The lowest BCUT2D eigenvalue weighted by molar-refractivity contribution is -0.317. The fourth-order valence-corrected chi connectivity index (χ4v) is 1.13. The predicted octanol–water partition coefficient (Wildman–Crippen LogP) is 1.91. The Balaban J connectivity index is 3.90. The molecule has 7 nitrogen and oxygen atoms in total. The molecule has 0 unspecified atom stereocenters. The molecular weight excluding hydrogens is 256 g/mol. The summed E-state index contributed by atoms with van der Waals surface area (Å²) in [6.45, 7) is 5.20. The molecule has 0 aromatic carbocycles. The van der Waals surface area contributed by atoms with E-state index < -0.39 is 24.3 Å². The summed E-state index contributed by atoms with van der Waals surface area (Å²) in [5, 5.41) is 0. The van der Waals surface area contributed by atoms with Crippen LogP contribution in [-0.2, 0) is 28.8 Å². The molecule has 0 spiro atoms. The van der Waals surface area contributed by atoms with E-state index in [4.69, 9.17) is 9.78 Å². The largest absolute Gasteiger partial charge is 0.516 e. The third-order valence-electron chi connectivity index (χ3n) is 1.84. The van der Waals surface area contributed by atoms with E-state index in [-0.39, 0.29) is 0 Å². The lowest BCUT2D eigenvalue weighted by Crippen LogP contribution is -2.23. The minimum Gasteiger partial charge on any atom is -0.426 e. The van der Waals surface area contributed by atoms with E-state index in [0.29, 0.717) is 6.29 Å². The van der Waals surface area contributed by atoms with E-state index in [9.17, 15) is 14.4 Å². The summed E-state index contributed by atoms with van der Waals surface area (Å²) in [7, 11) is 0. The first-order valence-electron chi connectivity index (χ1n) is 5.74. The van der Waals surface area contributed by atoms with Crippen LogP contribution in [0.1, 0.15) is 33.6 Å². The van der Waals surface area contributed by atoms with Gasteiger partial charge in [-0.2, -0.15) is 4.89 Å². The molecule has 0 saturated carbocycles. The fraction of sp³-hybridized carbons (Fsp3) is 0.583. The van der Waals surface area contributed by atoms with E-state index >= 15 is 0 Å². The molecule has 0 aliphatic heterocycles. The average Bonchev–Trinajstić information content (AvgIpc) is 2.32. The molecule has 108 valence electrons. The van der Waals surface area contributed by atoms with Crippen LogP contribution in [0.2, 0.25) is 0 Å². The van der Waals surface area contributed by atoms with Gasteiger partial charge in [0.1, 0.15) is 11.9 Å². The molecule has 0 fully saturated rings. The van der Waals surface area contributed by atoms with Crippen LogP contribution in [0.15, 0.2) is 12.3 Å². The highest BCUT2D eigenvalue weighted by molar-refractivity contribution is 5.89. The number of rotatable bonds is 8. The maximum Gasteiger partial charge on any atom is 0.516 e.